The SMILES string of the molecule is C=CCC(N)C(=O)Cc1cc(Br)ccc1OC. The Morgan fingerprint density at radius 1 is 1.65 bits per heavy atom. The maximum absolute atomic E-state index is 11.8. The molecule has 0 saturated carbocycles. The first-order valence-electron chi connectivity index (χ1n) is 5.30. The summed E-state index contributed by atoms with van der Waals surface area (Å²) < 4.78 is 6.12. The van der Waals surface area contributed by atoms with E-state index in [-0.39, 0.29) is 12.2 Å². The highest BCUT2D eigenvalue weighted by Crippen LogP contribution is 2.23. The van der Waals surface area contributed by atoms with Gasteiger partial charge in [-0.3, -0.25) is 4.79 Å². The van der Waals surface area contributed by atoms with Crippen molar-refractivity contribution in [1.82, 2.24) is 0 Å². The third kappa shape index (κ3) is 3.98. The third-order valence-corrected chi connectivity index (χ3v) is 2.93. The molecule has 2 N–H and O–H groups in total. The summed E-state index contributed by atoms with van der Waals surface area (Å²) in [6.07, 6.45) is 2.42. The molecule has 17 heavy (non-hydrogen) atoms. The Morgan fingerprint density at radius 2 is 2.35 bits per heavy atom. The Bertz CT molecular complexity index is 418. The molecule has 0 amide bonds. The van der Waals surface area contributed by atoms with Gasteiger partial charge in [0.15, 0.2) is 5.78 Å². The Hall–Kier alpha value is -1.13. The molecule has 0 saturated heterocycles. The Balaban J connectivity index is 2.83. The summed E-state index contributed by atoms with van der Waals surface area (Å²) in [4.78, 5) is 11.8. The molecule has 4 heteroatoms. The van der Waals surface area contributed by atoms with E-state index >= 15 is 0 Å². The zero-order chi connectivity index (χ0) is 12.8. The van der Waals surface area contributed by atoms with Crippen molar-refractivity contribution in [2.75, 3.05) is 7.11 Å². The van der Waals surface area contributed by atoms with Gasteiger partial charge in [-0.2, -0.15) is 0 Å². The van der Waals surface area contributed by atoms with E-state index in [9.17, 15) is 4.79 Å². The fraction of sp³-hybridized carbons (Fsp3) is 0.308. The number of hydrogen-bond donors (Lipinski definition) is 1. The lowest BCUT2D eigenvalue weighted by Crippen LogP contribution is -2.31. The maximum Gasteiger partial charge on any atom is 0.154 e. The lowest BCUT2D eigenvalue weighted by Gasteiger charge is -2.11. The topological polar surface area (TPSA) is 52.3 Å². The molecule has 0 aliphatic carbocycles. The van der Waals surface area contributed by atoms with Gasteiger partial charge in [-0.05, 0) is 24.6 Å². The van der Waals surface area contributed by atoms with E-state index < -0.39 is 6.04 Å². The number of halogens is 1. The van der Waals surface area contributed by atoms with Crippen LogP contribution in [0, 0.1) is 0 Å². The van der Waals surface area contributed by atoms with Gasteiger partial charge >= 0.3 is 0 Å². The maximum atomic E-state index is 11.8. The first kappa shape index (κ1) is 13.9. The number of Topliss-reactive ketones (excluding diaryl/α,β-unsaturated/α-hetero) is 1. The van der Waals surface area contributed by atoms with Crippen LogP contribution in [0.5, 0.6) is 5.75 Å². The summed E-state index contributed by atoms with van der Waals surface area (Å²) in [5.74, 6) is 0.689. The summed E-state index contributed by atoms with van der Waals surface area (Å²) in [6, 6.07) is 5.08. The van der Waals surface area contributed by atoms with Gasteiger partial charge < -0.3 is 10.5 Å². The van der Waals surface area contributed by atoms with Gasteiger partial charge in [-0.1, -0.05) is 22.0 Å². The second-order valence-electron chi connectivity index (χ2n) is 3.73. The summed E-state index contributed by atoms with van der Waals surface area (Å²) in [6.45, 7) is 3.57. The van der Waals surface area contributed by atoms with Gasteiger partial charge in [0.05, 0.1) is 13.2 Å². The quantitative estimate of drug-likeness (QED) is 0.821. The highest BCUT2D eigenvalue weighted by atomic mass is 79.9. The van der Waals surface area contributed by atoms with Crippen molar-refractivity contribution in [3.63, 3.8) is 0 Å². The van der Waals surface area contributed by atoms with Crippen molar-refractivity contribution in [3.05, 3.63) is 40.9 Å². The molecule has 0 radical (unpaired) electrons. The number of nitrogens with two attached hydrogens (primary N) is 1. The standard InChI is InChI=1S/C13H16BrNO2/c1-3-4-11(15)12(16)8-9-7-10(14)5-6-13(9)17-2/h3,5-7,11H,1,4,8,15H2,2H3. The van der Waals surface area contributed by atoms with Crippen molar-refractivity contribution >= 4 is 21.7 Å². The second kappa shape index (κ2) is 6.57. The Kier molecular flexibility index (Phi) is 5.38. The monoisotopic (exact) mass is 297 g/mol. The number of carbonyl (C=O) groups is 1. The highest BCUT2D eigenvalue weighted by molar-refractivity contribution is 9.10. The van der Waals surface area contributed by atoms with E-state index in [2.05, 4.69) is 22.5 Å². The summed E-state index contributed by atoms with van der Waals surface area (Å²) in [5, 5.41) is 0. The van der Waals surface area contributed by atoms with E-state index in [0.717, 1.165) is 10.0 Å². The lowest BCUT2D eigenvalue weighted by atomic mass is 10.0. The van der Waals surface area contributed by atoms with Crippen molar-refractivity contribution in [1.29, 1.82) is 0 Å². The molecule has 1 rings (SSSR count). The Morgan fingerprint density at radius 3 is 2.94 bits per heavy atom. The summed E-state index contributed by atoms with van der Waals surface area (Å²) in [7, 11) is 1.58. The van der Waals surface area contributed by atoms with Gasteiger partial charge in [-0.15, -0.1) is 6.58 Å². The van der Waals surface area contributed by atoms with Crippen LogP contribution in [0.1, 0.15) is 12.0 Å². The molecule has 1 atom stereocenters. The number of hydrogen-bond acceptors (Lipinski definition) is 3. The predicted octanol–water partition coefficient (Wildman–Crippen LogP) is 2.47. The van der Waals surface area contributed by atoms with Crippen molar-refractivity contribution in [2.24, 2.45) is 5.73 Å². The molecule has 92 valence electrons. The van der Waals surface area contributed by atoms with Crippen LogP contribution in [0.2, 0.25) is 0 Å². The smallest absolute Gasteiger partial charge is 0.154 e. The zero-order valence-corrected chi connectivity index (χ0v) is 11.4. The average Bonchev–Trinajstić information content (AvgIpc) is 2.29. The molecule has 1 aromatic rings. The Labute approximate surface area is 110 Å². The van der Waals surface area contributed by atoms with Crippen LogP contribution >= 0.6 is 15.9 Å². The first-order valence-corrected chi connectivity index (χ1v) is 6.09. The molecule has 0 spiro atoms. The molecular formula is C13H16BrNO2. The van der Waals surface area contributed by atoms with E-state index in [4.69, 9.17) is 10.5 Å². The van der Waals surface area contributed by atoms with Crippen LogP contribution in [-0.2, 0) is 11.2 Å². The van der Waals surface area contributed by atoms with Crippen LogP contribution in [0.15, 0.2) is 35.3 Å². The molecule has 0 fully saturated rings. The summed E-state index contributed by atoms with van der Waals surface area (Å²) in [5.41, 5.74) is 6.57. The normalized spacial score (nSPS) is 11.9. The van der Waals surface area contributed by atoms with Gasteiger partial charge in [0.25, 0.3) is 0 Å². The third-order valence-electron chi connectivity index (χ3n) is 2.44. The zero-order valence-electron chi connectivity index (χ0n) is 9.78. The van der Waals surface area contributed by atoms with E-state index in [1.54, 1.807) is 13.2 Å². The molecular weight excluding hydrogens is 282 g/mol. The minimum atomic E-state index is -0.490. The van der Waals surface area contributed by atoms with E-state index in [1.165, 1.54) is 0 Å². The number of rotatable bonds is 6. The molecule has 0 aliphatic heterocycles. The first-order chi connectivity index (χ1) is 8.08. The minimum absolute atomic E-state index is 0.0127. The van der Waals surface area contributed by atoms with E-state index in [0.29, 0.717) is 12.2 Å². The molecule has 3 nitrogen and oxygen atoms in total. The van der Waals surface area contributed by atoms with Crippen LogP contribution in [0.3, 0.4) is 0 Å². The van der Waals surface area contributed by atoms with Crippen LogP contribution in [-0.4, -0.2) is 18.9 Å². The van der Waals surface area contributed by atoms with E-state index in [1.807, 2.05) is 18.2 Å². The second-order valence-corrected chi connectivity index (χ2v) is 4.65. The van der Waals surface area contributed by atoms with Crippen molar-refractivity contribution < 1.29 is 9.53 Å². The fourth-order valence-corrected chi connectivity index (χ4v) is 1.92. The highest BCUT2D eigenvalue weighted by Gasteiger charge is 2.15. The fourth-order valence-electron chi connectivity index (χ4n) is 1.52. The van der Waals surface area contributed by atoms with Gasteiger partial charge in [0.2, 0.25) is 0 Å². The molecule has 0 bridgehead atoms. The van der Waals surface area contributed by atoms with Crippen molar-refractivity contribution in [3.8, 4) is 5.75 Å². The number of benzene rings is 1. The number of ketones is 1. The van der Waals surface area contributed by atoms with Crippen LogP contribution in [0.4, 0.5) is 0 Å². The van der Waals surface area contributed by atoms with Crippen molar-refractivity contribution in [2.45, 2.75) is 18.9 Å². The minimum Gasteiger partial charge on any atom is -0.496 e. The van der Waals surface area contributed by atoms with Gasteiger partial charge in [0, 0.05) is 16.5 Å². The van der Waals surface area contributed by atoms with Crippen LogP contribution < -0.4 is 10.5 Å². The molecule has 0 aromatic heterocycles. The molecule has 1 aromatic carbocycles. The summed E-state index contributed by atoms with van der Waals surface area (Å²) >= 11 is 3.37. The van der Waals surface area contributed by atoms with Gasteiger partial charge in [-0.25, -0.2) is 0 Å². The number of ether oxygens (including phenoxy) is 1. The predicted molar refractivity (Wildman–Crippen MR) is 72.2 cm³/mol. The number of carbonyl (C=O) groups excluding carboxylic acids is 1. The number of methoxy groups -OCH3 is 1. The average molecular weight is 298 g/mol. The van der Waals surface area contributed by atoms with Gasteiger partial charge in [0.1, 0.15) is 5.75 Å². The largest absolute Gasteiger partial charge is 0.496 e. The molecule has 0 aliphatic rings. The van der Waals surface area contributed by atoms with Crippen LogP contribution in [0.25, 0.3) is 0 Å². The lowest BCUT2D eigenvalue weighted by molar-refractivity contribution is -0.119. The molecule has 0 heterocycles. The molecule has 1 unspecified atom stereocenters.